The van der Waals surface area contributed by atoms with E-state index in [9.17, 15) is 48.6 Å². The average molecular weight is 1840 g/mol. The molecule has 4 amide bonds. The molecular weight excluding hydrogens is 1710 g/mol. The van der Waals surface area contributed by atoms with Crippen LogP contribution in [0.4, 0.5) is 0 Å². The highest BCUT2D eigenvalue weighted by Crippen LogP contribution is 2.41. The summed E-state index contributed by atoms with van der Waals surface area (Å²) >= 11 is 3.16. The standard InChI is InChI=1S/C54H64N4O7S.C30H40N2O7S.C25H27NO/c1-7-46(39-14-10-8-11-15-39)50(40-16-12-9-13-17-40)41-22-24-45(25-23-41)65-31-28-57(6)49(61)27-30-64-29-26-43(59)32-47(54(3,4)5)53(63)58-35-44(60)33-48(58)52(62)55-34-38-18-20-42(21-19-38)51-37(2)56-36-66-51;1-19-28(40-18-31-19)21-8-5-20(6-9-21)7-10-26(35)25-16-23(34)17-32(25)29(38)24(30(2,3)4)15-22(33)11-13-39-14-12-27(36)37;1-3-24(20-10-6-4-7-11-20)25(21-12-8-5-9-13-21)22-14-16-23(17-15-22)27-19-18-26-2/h8-25,36,44,47-48,60H,7,26-35H2,1-6H3,(H,55,62);5-6,8-9,18,23-25,34H,7,10-17H2,1-4H3,(H,36,37);4-17,26H,3,18-19H2,1-2H3/b50-46-;;25-24-/t44-,47-,48+;23-,24-,25+;/m11./s1. The number of ketones is 3. The second-order valence-corrected chi connectivity index (χ2v) is 37.6. The predicted octanol–water partition coefficient (Wildman–Crippen LogP) is 18.8. The summed E-state index contributed by atoms with van der Waals surface area (Å²) in [6.45, 7) is 22.6. The Hall–Kier alpha value is -11.7. The monoisotopic (exact) mass is 1840 g/mol. The van der Waals surface area contributed by atoms with Gasteiger partial charge in [-0.2, -0.15) is 0 Å². The summed E-state index contributed by atoms with van der Waals surface area (Å²) < 4.78 is 22.8. The molecule has 10 aromatic rings. The number of aryl methyl sites for hydroxylation is 3. The SMILES string of the molecule is CC/C(=C(\c1ccccc1)c1ccc(OCCN(C)C(=O)CCOCCC(=O)C[C@H](C(=O)N2C[C@H](O)C[C@H]2C(=O)NCc2ccc(-c3scnc3C)cc2)C(C)(C)C)cc1)c1ccccc1.CC/C(=C(\c1ccccc1)c1ccc(OCCNC)cc1)c1ccccc1.Cc1ncsc1-c1ccc(CCC(=O)[C@@H]2C[C@@H](O)CN2C(=O)[C@@H](CC(=O)CCOCCC(=O)O)C(C)(C)C)cc1. The fourth-order valence-corrected chi connectivity index (χ4v) is 18.2. The molecule has 2 saturated heterocycles. The zero-order valence-electron chi connectivity index (χ0n) is 79.0. The first-order valence-electron chi connectivity index (χ1n) is 46.1. The molecule has 2 aromatic heterocycles. The summed E-state index contributed by atoms with van der Waals surface area (Å²) in [5.41, 5.74) is 20.8. The first kappa shape index (κ1) is 103. The van der Waals surface area contributed by atoms with E-state index in [1.807, 2.05) is 146 Å². The van der Waals surface area contributed by atoms with Crippen LogP contribution in [0, 0.1) is 36.5 Å². The largest absolute Gasteiger partial charge is 0.492 e. The van der Waals surface area contributed by atoms with E-state index in [0.717, 1.165) is 79.7 Å². The Morgan fingerprint density at radius 3 is 1.28 bits per heavy atom. The predicted molar refractivity (Wildman–Crippen MR) is 528 cm³/mol. The summed E-state index contributed by atoms with van der Waals surface area (Å²) in [5, 5.41) is 35.7. The van der Waals surface area contributed by atoms with Gasteiger partial charge in [-0.05, 0) is 153 Å². The maximum Gasteiger partial charge on any atom is 0.305 e. The van der Waals surface area contributed by atoms with Crippen molar-refractivity contribution < 1.29 is 72.6 Å². The third-order valence-electron chi connectivity index (χ3n) is 24.1. The van der Waals surface area contributed by atoms with Gasteiger partial charge < -0.3 is 59.6 Å². The Morgan fingerprint density at radius 1 is 0.481 bits per heavy atom. The Labute approximate surface area is 792 Å². The molecule has 0 spiro atoms. The number of likely N-dealkylation sites (N-methyl/N-ethyl adjacent to an activating group) is 2. The molecule has 8 aromatic carbocycles. The van der Waals surface area contributed by atoms with Gasteiger partial charge in [-0.15, -0.1) is 22.7 Å². The number of aliphatic hydroxyl groups excluding tert-OH is 2. The normalized spacial score (nSPS) is 15.7. The lowest BCUT2D eigenvalue weighted by atomic mass is 9.76. The molecule has 4 heterocycles. The lowest BCUT2D eigenvalue weighted by Crippen LogP contribution is -2.50. The zero-order chi connectivity index (χ0) is 95.6. The fourth-order valence-electron chi connectivity index (χ4n) is 16.5. The van der Waals surface area contributed by atoms with Crippen LogP contribution < -0.4 is 20.1 Å². The molecule has 24 heteroatoms. The molecule has 2 aliphatic heterocycles. The number of carbonyl (C=O) groups is 8. The minimum absolute atomic E-state index is 0.0102. The molecule has 133 heavy (non-hydrogen) atoms. The number of ether oxygens (including phenoxy) is 4. The maximum atomic E-state index is 14.1. The lowest BCUT2D eigenvalue weighted by molar-refractivity contribution is -0.146. The van der Waals surface area contributed by atoms with Gasteiger partial charge in [0.15, 0.2) is 5.78 Å². The number of carboxylic acids is 1. The summed E-state index contributed by atoms with van der Waals surface area (Å²) in [6, 6.07) is 73.1. The fraction of sp³-hybridized carbons (Fsp3) is 0.394. The summed E-state index contributed by atoms with van der Waals surface area (Å²) in [6.07, 6.45) is 1.42. The number of carboxylic acid groups (broad SMARTS) is 1. The molecule has 0 saturated carbocycles. The van der Waals surface area contributed by atoms with Gasteiger partial charge in [0.25, 0.3) is 0 Å². The molecule has 2 aliphatic rings. The van der Waals surface area contributed by atoms with Crippen LogP contribution in [0.1, 0.15) is 182 Å². The number of nitrogens with one attached hydrogen (secondary N) is 2. The molecule has 2 fully saturated rings. The van der Waals surface area contributed by atoms with Gasteiger partial charge in [-0.25, -0.2) is 9.97 Å². The highest BCUT2D eigenvalue weighted by molar-refractivity contribution is 7.13. The number of allylic oxidation sites excluding steroid dienone is 2. The van der Waals surface area contributed by atoms with Gasteiger partial charge in [0.05, 0.1) is 96.2 Å². The second kappa shape index (κ2) is 51.5. The molecule has 5 N–H and O–H groups in total. The van der Waals surface area contributed by atoms with Gasteiger partial charge in [-0.1, -0.05) is 250 Å². The van der Waals surface area contributed by atoms with E-state index in [1.54, 1.807) is 34.6 Å². The van der Waals surface area contributed by atoms with Crippen molar-refractivity contribution in [3.8, 4) is 32.4 Å². The number of hydrogen-bond acceptors (Lipinski definition) is 19. The van der Waals surface area contributed by atoms with E-state index in [4.69, 9.17) is 24.1 Å². The lowest BCUT2D eigenvalue weighted by Gasteiger charge is -2.34. The molecule has 0 radical (unpaired) electrons. The summed E-state index contributed by atoms with van der Waals surface area (Å²) in [7, 11) is 3.66. The molecule has 12 rings (SSSR count). The Morgan fingerprint density at radius 2 is 0.872 bits per heavy atom. The number of rotatable bonds is 43. The molecule has 22 nitrogen and oxygen atoms in total. The van der Waals surface area contributed by atoms with E-state index in [0.29, 0.717) is 31.9 Å². The number of likely N-dealkylation sites (tertiary alicyclic amines) is 2. The van der Waals surface area contributed by atoms with E-state index < -0.39 is 52.9 Å². The highest BCUT2D eigenvalue weighted by atomic mass is 32.1. The first-order valence-corrected chi connectivity index (χ1v) is 47.9. The van der Waals surface area contributed by atoms with Crippen molar-refractivity contribution in [3.63, 3.8) is 0 Å². The second-order valence-electron chi connectivity index (χ2n) is 35.9. The molecular formula is C109H131N7O15S2. The number of thiazole rings is 2. The van der Waals surface area contributed by atoms with Gasteiger partial charge in [0.2, 0.25) is 23.6 Å². The van der Waals surface area contributed by atoms with Crippen LogP contribution in [0.25, 0.3) is 43.2 Å². The van der Waals surface area contributed by atoms with Crippen LogP contribution >= 0.6 is 22.7 Å². The number of nitrogens with zero attached hydrogens (tertiary/aromatic N) is 5. The zero-order valence-corrected chi connectivity index (χ0v) is 80.6. The highest BCUT2D eigenvalue weighted by Gasteiger charge is 2.46. The molecule has 704 valence electrons. The van der Waals surface area contributed by atoms with Gasteiger partial charge in [0.1, 0.15) is 42.3 Å². The van der Waals surface area contributed by atoms with Crippen LogP contribution in [0.2, 0.25) is 0 Å². The Balaban J connectivity index is 0.000000230. The number of benzene rings is 8. The maximum absolute atomic E-state index is 14.1. The van der Waals surface area contributed by atoms with E-state index in [1.165, 1.54) is 54.3 Å². The average Bonchev–Trinajstić information content (AvgIpc) is 1.80. The number of amides is 4. The number of aliphatic hydroxyl groups is 2. The van der Waals surface area contributed by atoms with Crippen LogP contribution in [-0.2, 0) is 60.8 Å². The van der Waals surface area contributed by atoms with Crippen molar-refractivity contribution in [2.24, 2.45) is 22.7 Å². The van der Waals surface area contributed by atoms with Crippen molar-refractivity contribution in [1.82, 2.24) is 35.3 Å². The topological polar surface area (TPSA) is 294 Å². The quantitative estimate of drug-likeness (QED) is 0.0175. The first-order chi connectivity index (χ1) is 63.9. The van der Waals surface area contributed by atoms with Crippen molar-refractivity contribution >= 4 is 91.9 Å². The smallest absolute Gasteiger partial charge is 0.305 e. The Kier molecular flexibility index (Phi) is 40.0. The van der Waals surface area contributed by atoms with E-state index in [-0.39, 0.29) is 145 Å². The molecule has 0 unspecified atom stereocenters. The molecule has 0 aliphatic carbocycles. The van der Waals surface area contributed by atoms with Crippen LogP contribution in [0.3, 0.4) is 0 Å². The number of aliphatic carboxylic acids is 1. The molecule has 6 atom stereocenters. The van der Waals surface area contributed by atoms with Gasteiger partial charge in [-0.3, -0.25) is 38.4 Å². The van der Waals surface area contributed by atoms with E-state index >= 15 is 0 Å². The van der Waals surface area contributed by atoms with Crippen molar-refractivity contribution in [2.75, 3.05) is 79.9 Å². The van der Waals surface area contributed by atoms with Crippen molar-refractivity contribution in [2.45, 2.75) is 177 Å². The number of aromatic nitrogens is 2. The number of carbonyl (C=O) groups excluding carboxylic acids is 7. The Bertz CT molecular complexity index is 5460. The van der Waals surface area contributed by atoms with Gasteiger partial charge in [0, 0.05) is 90.0 Å². The third-order valence-corrected chi connectivity index (χ3v) is 26.0. The molecule has 0 bridgehead atoms. The van der Waals surface area contributed by atoms with Gasteiger partial charge >= 0.3 is 5.97 Å². The third kappa shape index (κ3) is 30.9. The summed E-state index contributed by atoms with van der Waals surface area (Å²) in [5.74, 6) is -2.21. The summed E-state index contributed by atoms with van der Waals surface area (Å²) in [4.78, 5) is 119. The van der Waals surface area contributed by atoms with Crippen LogP contribution in [-0.4, -0.2) is 191 Å². The minimum Gasteiger partial charge on any atom is -0.492 e. The number of β-amino-alcohol motifs (C(OH)–C–C–N with tert-alkyl or cyclic N) is 2. The van der Waals surface area contributed by atoms with Crippen LogP contribution in [0.15, 0.2) is 229 Å². The van der Waals surface area contributed by atoms with Crippen molar-refractivity contribution in [3.05, 3.63) is 285 Å². The number of Topliss-reactive ketones (excluding diaryl/α,β-unsaturated/α-hetero) is 3. The van der Waals surface area contributed by atoms with Crippen LogP contribution in [0.5, 0.6) is 11.5 Å². The van der Waals surface area contributed by atoms with E-state index in [2.05, 4.69) is 180 Å². The number of hydrogen-bond donors (Lipinski definition) is 5. The minimum atomic E-state index is -0.971. The van der Waals surface area contributed by atoms with Crippen molar-refractivity contribution in [1.29, 1.82) is 0 Å².